The number of pyridine rings is 2. The van der Waals surface area contributed by atoms with E-state index in [0.717, 1.165) is 5.39 Å². The Balaban J connectivity index is 1.56. The Morgan fingerprint density at radius 2 is 1.94 bits per heavy atom. The molecule has 2 N–H and O–H groups in total. The van der Waals surface area contributed by atoms with Crippen LogP contribution in [0.15, 0.2) is 54.9 Å². The summed E-state index contributed by atoms with van der Waals surface area (Å²) in [5, 5.41) is 0.781. The molecule has 0 bridgehead atoms. The number of benzene rings is 1. The highest BCUT2D eigenvalue weighted by atomic mass is 19.4. The van der Waals surface area contributed by atoms with Crippen molar-refractivity contribution in [2.45, 2.75) is 31.5 Å². The topological polar surface area (TPSA) is 104 Å². The lowest BCUT2D eigenvalue weighted by molar-refractivity contribution is -0.210. The second-order valence-corrected chi connectivity index (χ2v) is 8.28. The number of nitrogens with two attached hydrogens (primary N) is 1. The molecule has 7 nitrogen and oxygen atoms in total. The predicted octanol–water partition coefficient (Wildman–Crippen LogP) is 4.28. The minimum Gasteiger partial charge on any atom is -0.433 e. The first-order valence-corrected chi connectivity index (χ1v) is 10.9. The molecule has 180 valence electrons. The van der Waals surface area contributed by atoms with E-state index in [1.54, 1.807) is 48.7 Å². The summed E-state index contributed by atoms with van der Waals surface area (Å²) in [6.07, 6.45) is -1.70. The Bertz CT molecular complexity index is 1580. The first-order chi connectivity index (χ1) is 17.2. The molecule has 3 aromatic heterocycles. The maximum Gasteiger partial charge on any atom is 0.490 e. The lowest BCUT2D eigenvalue weighted by Gasteiger charge is -2.24. The average Bonchev–Trinajstić information content (AvgIpc) is 3.21. The van der Waals surface area contributed by atoms with E-state index in [1.807, 2.05) is 6.92 Å². The Kier molecular flexibility index (Phi) is 5.55. The number of esters is 1. The van der Waals surface area contributed by atoms with Gasteiger partial charge in [0.05, 0.1) is 5.69 Å². The van der Waals surface area contributed by atoms with E-state index < -0.39 is 17.7 Å². The van der Waals surface area contributed by atoms with Crippen molar-refractivity contribution in [1.82, 2.24) is 19.9 Å². The molecule has 3 heterocycles. The summed E-state index contributed by atoms with van der Waals surface area (Å²) in [4.78, 5) is 29.1. The zero-order chi connectivity index (χ0) is 25.5. The van der Waals surface area contributed by atoms with Crippen LogP contribution in [0.25, 0.3) is 22.3 Å². The fourth-order valence-corrected chi connectivity index (χ4v) is 4.16. The minimum atomic E-state index is -5.16. The zero-order valence-corrected chi connectivity index (χ0v) is 18.9. The number of alkyl halides is 3. The summed E-state index contributed by atoms with van der Waals surface area (Å²) in [6, 6.07) is 12.1. The van der Waals surface area contributed by atoms with E-state index in [1.165, 1.54) is 6.20 Å². The number of halogens is 3. The molecule has 1 aromatic carbocycles. The van der Waals surface area contributed by atoms with Crippen LogP contribution in [0, 0.1) is 18.8 Å². The van der Waals surface area contributed by atoms with Gasteiger partial charge in [-0.1, -0.05) is 24.1 Å². The lowest BCUT2D eigenvalue weighted by atomic mass is 10.00. The van der Waals surface area contributed by atoms with Crippen molar-refractivity contribution >= 4 is 22.7 Å². The number of nitrogens with zero attached hydrogens (tertiary/aromatic N) is 4. The molecular weight excluding hydrogens is 471 g/mol. The number of rotatable bonds is 2. The van der Waals surface area contributed by atoms with Crippen LogP contribution in [-0.2, 0) is 21.6 Å². The maximum atomic E-state index is 13.1. The van der Waals surface area contributed by atoms with Crippen LogP contribution in [-0.4, -0.2) is 32.1 Å². The highest BCUT2D eigenvalue weighted by Crippen LogP contribution is 2.40. The van der Waals surface area contributed by atoms with Gasteiger partial charge in [-0.2, -0.15) is 13.2 Å². The smallest absolute Gasteiger partial charge is 0.433 e. The highest BCUT2D eigenvalue weighted by molar-refractivity contribution is 5.89. The van der Waals surface area contributed by atoms with Crippen molar-refractivity contribution in [2.24, 2.45) is 0 Å². The number of carbonyl (C=O) groups excluding carboxylic acids is 1. The van der Waals surface area contributed by atoms with Crippen LogP contribution in [0.4, 0.5) is 19.0 Å². The summed E-state index contributed by atoms with van der Waals surface area (Å²) in [5.41, 5.74) is 7.41. The van der Waals surface area contributed by atoms with E-state index in [2.05, 4.69) is 31.8 Å². The third kappa shape index (κ3) is 4.20. The molecule has 0 saturated carbocycles. The van der Waals surface area contributed by atoms with Gasteiger partial charge < -0.3 is 10.5 Å². The van der Waals surface area contributed by atoms with E-state index >= 15 is 0 Å². The van der Waals surface area contributed by atoms with Crippen molar-refractivity contribution in [2.75, 3.05) is 5.73 Å². The van der Waals surface area contributed by atoms with Crippen molar-refractivity contribution < 1.29 is 22.7 Å². The molecule has 1 atom stereocenters. The van der Waals surface area contributed by atoms with E-state index in [9.17, 15) is 18.0 Å². The van der Waals surface area contributed by atoms with Gasteiger partial charge in [-0.3, -0.25) is 4.98 Å². The molecular formula is C26H18F3N5O2. The van der Waals surface area contributed by atoms with Gasteiger partial charge in [0.2, 0.25) is 5.60 Å². The number of carbonyl (C=O) groups is 1. The van der Waals surface area contributed by atoms with E-state index in [4.69, 9.17) is 10.5 Å². The molecule has 4 aromatic rings. The largest absolute Gasteiger partial charge is 0.490 e. The Morgan fingerprint density at radius 3 is 2.75 bits per heavy atom. The summed E-state index contributed by atoms with van der Waals surface area (Å²) < 4.78 is 44.1. The van der Waals surface area contributed by atoms with Crippen LogP contribution in [0.1, 0.15) is 28.9 Å². The van der Waals surface area contributed by atoms with Crippen LogP contribution < -0.4 is 5.73 Å². The SMILES string of the molecule is Cc1nc(-c2cccc(C#C[C@]3(OC(=O)C(F)(F)F)CCc4cccnc43)c2)nc2c(N)nccc12. The molecule has 0 amide bonds. The standard InChI is InChI=1S/C26H18F3N5O2/c1-15-19-9-13-32-22(30)20(19)34-23(33-15)18-5-2-4-16(14-18)7-10-25(36-24(35)26(27,28)29)11-8-17-6-3-12-31-21(17)25/h2-6,9,12-14H,8,11H2,1H3,(H2,30,32)/t25-/m0/s1. The number of hydrogen-bond acceptors (Lipinski definition) is 7. The number of aromatic nitrogens is 4. The van der Waals surface area contributed by atoms with Crippen molar-refractivity contribution in [3.05, 3.63) is 77.4 Å². The van der Waals surface area contributed by atoms with Crippen LogP contribution in [0.3, 0.4) is 0 Å². The molecule has 0 saturated heterocycles. The highest BCUT2D eigenvalue weighted by Gasteiger charge is 2.50. The maximum absolute atomic E-state index is 13.1. The van der Waals surface area contributed by atoms with Gasteiger partial charge in [0, 0.05) is 41.0 Å². The molecule has 10 heteroatoms. The number of ether oxygens (including phenoxy) is 1. The normalized spacial score (nSPS) is 16.8. The summed E-state index contributed by atoms with van der Waals surface area (Å²) in [5.74, 6) is 4.01. The van der Waals surface area contributed by atoms with Gasteiger partial charge >= 0.3 is 12.1 Å². The van der Waals surface area contributed by atoms with E-state index in [-0.39, 0.29) is 17.9 Å². The summed E-state index contributed by atoms with van der Waals surface area (Å²) >= 11 is 0. The van der Waals surface area contributed by atoms with Gasteiger partial charge in [-0.25, -0.2) is 19.7 Å². The molecule has 36 heavy (non-hydrogen) atoms. The summed E-state index contributed by atoms with van der Waals surface area (Å²) in [7, 11) is 0. The van der Waals surface area contributed by atoms with E-state index in [0.29, 0.717) is 40.1 Å². The Hall–Kier alpha value is -4.52. The van der Waals surface area contributed by atoms with Gasteiger partial charge in [0.15, 0.2) is 5.82 Å². The summed E-state index contributed by atoms with van der Waals surface area (Å²) in [6.45, 7) is 1.83. The first-order valence-electron chi connectivity index (χ1n) is 10.9. The average molecular weight is 489 g/mol. The van der Waals surface area contributed by atoms with Gasteiger partial charge in [-0.15, -0.1) is 0 Å². The fraction of sp³-hybridized carbons (Fsp3) is 0.192. The fourth-order valence-electron chi connectivity index (χ4n) is 4.16. The molecule has 0 aliphatic heterocycles. The monoisotopic (exact) mass is 489 g/mol. The lowest BCUT2D eigenvalue weighted by Crippen LogP contribution is -2.36. The molecule has 5 rings (SSSR count). The van der Waals surface area contributed by atoms with Gasteiger partial charge in [-0.05, 0) is 49.1 Å². The molecule has 0 fully saturated rings. The Morgan fingerprint density at radius 1 is 1.11 bits per heavy atom. The third-order valence-electron chi connectivity index (χ3n) is 5.88. The van der Waals surface area contributed by atoms with Gasteiger partial charge in [0.1, 0.15) is 11.3 Å². The molecule has 1 aliphatic carbocycles. The number of hydrogen-bond donors (Lipinski definition) is 1. The third-order valence-corrected chi connectivity index (χ3v) is 5.88. The molecule has 0 spiro atoms. The second-order valence-electron chi connectivity index (χ2n) is 8.28. The number of anilines is 1. The predicted molar refractivity (Wildman–Crippen MR) is 125 cm³/mol. The zero-order valence-electron chi connectivity index (χ0n) is 18.9. The molecule has 0 unspecified atom stereocenters. The number of fused-ring (bicyclic) bond motifs is 2. The number of nitrogen functional groups attached to an aromatic ring is 1. The van der Waals surface area contributed by atoms with Crippen LogP contribution in [0.5, 0.6) is 0 Å². The van der Waals surface area contributed by atoms with Crippen molar-refractivity contribution in [3.63, 3.8) is 0 Å². The Labute approximate surface area is 203 Å². The molecule has 0 radical (unpaired) electrons. The minimum absolute atomic E-state index is 0.0626. The first kappa shape index (κ1) is 23.2. The van der Waals surface area contributed by atoms with Gasteiger partial charge in [0.25, 0.3) is 0 Å². The van der Waals surface area contributed by atoms with Crippen LogP contribution in [0.2, 0.25) is 0 Å². The van der Waals surface area contributed by atoms with Crippen LogP contribution >= 0.6 is 0 Å². The van der Waals surface area contributed by atoms with Crippen molar-refractivity contribution in [1.29, 1.82) is 0 Å². The van der Waals surface area contributed by atoms with Crippen molar-refractivity contribution in [3.8, 4) is 23.2 Å². The molecule has 1 aliphatic rings. The second kappa shape index (κ2) is 8.61. The quantitative estimate of drug-likeness (QED) is 0.331. The number of aryl methyl sites for hydroxylation is 2.